The van der Waals surface area contributed by atoms with Crippen molar-refractivity contribution in [2.24, 2.45) is 0 Å². The average Bonchev–Trinajstić information content (AvgIpc) is 2.70. The second-order valence-electron chi connectivity index (χ2n) is 4.37. The van der Waals surface area contributed by atoms with Gasteiger partial charge in [-0.05, 0) is 26.3 Å². The largest absolute Gasteiger partial charge is 0.352 e. The summed E-state index contributed by atoms with van der Waals surface area (Å²) in [6, 6.07) is 1.77. The van der Waals surface area contributed by atoms with Crippen LogP contribution in [0.1, 0.15) is 41.5 Å². The highest BCUT2D eigenvalue weighted by Crippen LogP contribution is 2.21. The van der Waals surface area contributed by atoms with Crippen LogP contribution >= 0.6 is 0 Å². The van der Waals surface area contributed by atoms with Gasteiger partial charge in [-0.2, -0.15) is 0 Å². The summed E-state index contributed by atoms with van der Waals surface area (Å²) in [5.41, 5.74) is 2.46. The zero-order valence-electron chi connectivity index (χ0n) is 10.9. The Morgan fingerprint density at radius 1 is 1.44 bits per heavy atom. The van der Waals surface area contributed by atoms with Crippen LogP contribution in [0.3, 0.4) is 0 Å². The number of nitrogens with zero attached hydrogens (tertiary/aromatic N) is 2. The van der Waals surface area contributed by atoms with Gasteiger partial charge in [-0.1, -0.05) is 18.5 Å². The van der Waals surface area contributed by atoms with E-state index in [1.807, 2.05) is 13.8 Å². The van der Waals surface area contributed by atoms with Crippen molar-refractivity contribution in [2.45, 2.75) is 33.6 Å². The summed E-state index contributed by atoms with van der Waals surface area (Å²) in [7, 11) is 0. The molecule has 0 saturated heterocycles. The van der Waals surface area contributed by atoms with Gasteiger partial charge < -0.3 is 9.84 Å². The van der Waals surface area contributed by atoms with Crippen LogP contribution in [0.25, 0.3) is 11.1 Å². The van der Waals surface area contributed by atoms with E-state index in [0.29, 0.717) is 28.9 Å². The molecule has 2 aromatic rings. The van der Waals surface area contributed by atoms with E-state index in [4.69, 9.17) is 4.52 Å². The van der Waals surface area contributed by atoms with Crippen LogP contribution in [0, 0.1) is 13.8 Å². The number of rotatable bonds is 4. The molecule has 0 aromatic carbocycles. The summed E-state index contributed by atoms with van der Waals surface area (Å²) in [5, 5.41) is 7.46. The molecule has 0 aliphatic heterocycles. The molecular weight excluding hydrogens is 230 g/mol. The molecule has 1 N–H and O–H groups in total. The van der Waals surface area contributed by atoms with Gasteiger partial charge in [0, 0.05) is 12.2 Å². The summed E-state index contributed by atoms with van der Waals surface area (Å²) in [6.07, 6.45) is 2.03. The van der Waals surface area contributed by atoms with Crippen LogP contribution < -0.4 is 5.32 Å². The molecule has 0 unspecified atom stereocenters. The van der Waals surface area contributed by atoms with Crippen molar-refractivity contribution in [3.63, 3.8) is 0 Å². The number of aromatic nitrogens is 2. The van der Waals surface area contributed by atoms with Gasteiger partial charge in [0.25, 0.3) is 11.6 Å². The van der Waals surface area contributed by atoms with E-state index in [9.17, 15) is 4.79 Å². The summed E-state index contributed by atoms with van der Waals surface area (Å²) in [5.74, 6) is -0.0924. The van der Waals surface area contributed by atoms with E-state index in [1.165, 1.54) is 0 Å². The molecule has 0 bridgehead atoms. The maximum absolute atomic E-state index is 12.1. The van der Waals surface area contributed by atoms with Crippen molar-refractivity contribution in [2.75, 3.05) is 6.54 Å². The van der Waals surface area contributed by atoms with Crippen molar-refractivity contribution in [1.29, 1.82) is 0 Å². The summed E-state index contributed by atoms with van der Waals surface area (Å²) >= 11 is 0. The Morgan fingerprint density at radius 3 is 2.94 bits per heavy atom. The first-order chi connectivity index (χ1) is 8.63. The molecule has 0 spiro atoms. The lowest BCUT2D eigenvalue weighted by molar-refractivity contribution is 0.0954. The molecule has 0 fully saturated rings. The fourth-order valence-electron chi connectivity index (χ4n) is 1.87. The highest BCUT2D eigenvalue weighted by molar-refractivity contribution is 6.05. The number of carbonyl (C=O) groups excluding carboxylic acids is 1. The Balaban J connectivity index is 2.36. The lowest BCUT2D eigenvalue weighted by Gasteiger charge is -2.06. The van der Waals surface area contributed by atoms with Crippen LogP contribution in [0.5, 0.6) is 0 Å². The lowest BCUT2D eigenvalue weighted by atomic mass is 10.1. The molecule has 5 heteroatoms. The fraction of sp³-hybridized carbons (Fsp3) is 0.462. The number of unbranched alkanes of at least 4 members (excludes halogenated alkanes) is 1. The maximum atomic E-state index is 12.1. The van der Waals surface area contributed by atoms with Gasteiger partial charge in [0.2, 0.25) is 0 Å². The van der Waals surface area contributed by atoms with E-state index in [2.05, 4.69) is 22.4 Å². The second-order valence-corrected chi connectivity index (χ2v) is 4.37. The van der Waals surface area contributed by atoms with E-state index < -0.39 is 0 Å². The molecule has 0 aliphatic rings. The zero-order valence-corrected chi connectivity index (χ0v) is 10.9. The summed E-state index contributed by atoms with van der Waals surface area (Å²) in [4.78, 5) is 16.4. The predicted molar refractivity (Wildman–Crippen MR) is 68.5 cm³/mol. The first-order valence-electron chi connectivity index (χ1n) is 6.15. The number of amides is 1. The highest BCUT2D eigenvalue weighted by Gasteiger charge is 2.17. The minimum Gasteiger partial charge on any atom is -0.352 e. The highest BCUT2D eigenvalue weighted by atomic mass is 16.5. The second kappa shape index (κ2) is 5.16. The van der Waals surface area contributed by atoms with Crippen LogP contribution in [0.15, 0.2) is 10.6 Å². The van der Waals surface area contributed by atoms with Crippen LogP contribution in [-0.2, 0) is 0 Å². The molecule has 2 aromatic heterocycles. The van der Waals surface area contributed by atoms with Crippen molar-refractivity contribution >= 4 is 17.0 Å². The minimum atomic E-state index is -0.0924. The molecule has 2 rings (SSSR count). The number of hydrogen-bond donors (Lipinski definition) is 1. The monoisotopic (exact) mass is 247 g/mol. The first kappa shape index (κ1) is 12.5. The third-order valence-electron chi connectivity index (χ3n) is 2.81. The van der Waals surface area contributed by atoms with Crippen molar-refractivity contribution in [3.05, 3.63) is 23.0 Å². The molecule has 0 radical (unpaired) electrons. The fourth-order valence-corrected chi connectivity index (χ4v) is 1.87. The van der Waals surface area contributed by atoms with Crippen LogP contribution in [-0.4, -0.2) is 22.6 Å². The Bertz CT molecular complexity index is 575. The van der Waals surface area contributed by atoms with E-state index in [1.54, 1.807) is 6.07 Å². The normalized spacial score (nSPS) is 10.8. The van der Waals surface area contributed by atoms with Gasteiger partial charge in [-0.3, -0.25) is 4.79 Å². The number of aryl methyl sites for hydroxylation is 2. The van der Waals surface area contributed by atoms with Crippen LogP contribution in [0.2, 0.25) is 0 Å². The predicted octanol–water partition coefficient (Wildman–Crippen LogP) is 2.37. The van der Waals surface area contributed by atoms with Gasteiger partial charge in [0.15, 0.2) is 0 Å². The minimum absolute atomic E-state index is 0.0924. The number of carbonyl (C=O) groups is 1. The average molecular weight is 247 g/mol. The molecule has 5 nitrogen and oxygen atoms in total. The zero-order chi connectivity index (χ0) is 13.1. The van der Waals surface area contributed by atoms with Gasteiger partial charge in [0.1, 0.15) is 0 Å². The smallest absolute Gasteiger partial charge is 0.258 e. The van der Waals surface area contributed by atoms with Gasteiger partial charge in [-0.25, -0.2) is 4.98 Å². The van der Waals surface area contributed by atoms with Crippen molar-refractivity contribution in [1.82, 2.24) is 15.5 Å². The third-order valence-corrected chi connectivity index (χ3v) is 2.81. The molecule has 96 valence electrons. The van der Waals surface area contributed by atoms with Gasteiger partial charge >= 0.3 is 0 Å². The first-order valence-corrected chi connectivity index (χ1v) is 6.15. The van der Waals surface area contributed by atoms with E-state index >= 15 is 0 Å². The Labute approximate surface area is 106 Å². The molecule has 1 amide bonds. The molecule has 0 atom stereocenters. The lowest BCUT2D eigenvalue weighted by Crippen LogP contribution is -2.24. The Morgan fingerprint density at radius 2 is 2.22 bits per heavy atom. The molecule has 0 saturated carbocycles. The van der Waals surface area contributed by atoms with Gasteiger partial charge in [0.05, 0.1) is 16.6 Å². The molecule has 2 heterocycles. The SMILES string of the molecule is CCCCNC(=O)c1cc(C)nc2onc(C)c12. The molecular formula is C13H17N3O2. The Kier molecular flexibility index (Phi) is 3.60. The number of hydrogen-bond acceptors (Lipinski definition) is 4. The number of nitrogens with one attached hydrogen (secondary N) is 1. The van der Waals surface area contributed by atoms with E-state index in [-0.39, 0.29) is 5.91 Å². The van der Waals surface area contributed by atoms with Crippen LogP contribution in [0.4, 0.5) is 0 Å². The summed E-state index contributed by atoms with van der Waals surface area (Å²) in [6.45, 7) is 6.42. The number of fused-ring (bicyclic) bond motifs is 1. The van der Waals surface area contributed by atoms with Crippen molar-refractivity contribution < 1.29 is 9.32 Å². The quantitative estimate of drug-likeness (QED) is 0.842. The van der Waals surface area contributed by atoms with Crippen molar-refractivity contribution in [3.8, 4) is 0 Å². The number of pyridine rings is 1. The molecule has 0 aliphatic carbocycles. The summed E-state index contributed by atoms with van der Waals surface area (Å²) < 4.78 is 5.10. The topological polar surface area (TPSA) is 68.0 Å². The molecule has 18 heavy (non-hydrogen) atoms. The Hall–Kier alpha value is -1.91. The van der Waals surface area contributed by atoms with E-state index in [0.717, 1.165) is 18.5 Å². The standard InChI is InChI=1S/C13H17N3O2/c1-4-5-6-14-12(17)10-7-8(2)15-13-11(10)9(3)16-18-13/h7H,4-6H2,1-3H3,(H,14,17). The van der Waals surface area contributed by atoms with Gasteiger partial charge in [-0.15, -0.1) is 0 Å². The third kappa shape index (κ3) is 2.34. The maximum Gasteiger partial charge on any atom is 0.258 e.